The SMILES string of the molecule is C[Si](C)(C)c1ccc(-c2[c-]cccc2)nc1.[2H]C(C)(C)c1ccnc(-c2[c-]ccc3c2oc2cc(C([2H])(C)c4ccccc4)ccc23)c1.[Ir]. The molecule has 0 aliphatic heterocycles. The molecule has 4 aromatic carbocycles. The Bertz CT molecular complexity index is 2170. The zero-order valence-corrected chi connectivity index (χ0v) is 31.1. The van der Waals surface area contributed by atoms with E-state index in [1.165, 1.54) is 5.19 Å². The third-order valence-electron chi connectivity index (χ3n) is 8.28. The number of furan rings is 1. The Morgan fingerprint density at radius 3 is 2.17 bits per heavy atom. The van der Waals surface area contributed by atoms with Crippen LogP contribution in [0.2, 0.25) is 19.6 Å². The first-order valence-corrected chi connectivity index (χ1v) is 19.2. The number of fused-ring (bicyclic) bond motifs is 3. The smallest absolute Gasteiger partial charge is 0.121 e. The van der Waals surface area contributed by atoms with Crippen LogP contribution in [0.15, 0.2) is 126 Å². The maximum absolute atomic E-state index is 9.00. The Morgan fingerprint density at radius 2 is 1.49 bits per heavy atom. The van der Waals surface area contributed by atoms with Crippen molar-refractivity contribution >= 4 is 35.2 Å². The van der Waals surface area contributed by atoms with Crippen LogP contribution in [-0.2, 0) is 20.1 Å². The molecule has 1 unspecified atom stereocenters. The van der Waals surface area contributed by atoms with E-state index in [1.807, 2.05) is 124 Å². The van der Waals surface area contributed by atoms with Crippen LogP contribution in [0, 0.1) is 12.1 Å². The quantitative estimate of drug-likeness (QED) is 0.124. The Morgan fingerprint density at radius 1 is 0.702 bits per heavy atom. The second-order valence-electron chi connectivity index (χ2n) is 12.8. The van der Waals surface area contributed by atoms with E-state index in [0.29, 0.717) is 0 Å². The number of hydrogen-bond donors (Lipinski definition) is 0. The summed E-state index contributed by atoms with van der Waals surface area (Å²) >= 11 is 0. The van der Waals surface area contributed by atoms with Gasteiger partial charge in [0.1, 0.15) is 5.58 Å². The Labute approximate surface area is 296 Å². The minimum absolute atomic E-state index is 0. The van der Waals surface area contributed by atoms with Gasteiger partial charge in [-0.1, -0.05) is 118 Å². The van der Waals surface area contributed by atoms with E-state index in [0.717, 1.165) is 61.1 Å². The van der Waals surface area contributed by atoms with Crippen LogP contribution >= 0.6 is 0 Å². The molecule has 7 aromatic rings. The van der Waals surface area contributed by atoms with E-state index >= 15 is 0 Å². The molecule has 0 saturated heterocycles. The summed E-state index contributed by atoms with van der Waals surface area (Å²) in [7, 11) is -1.23. The van der Waals surface area contributed by atoms with E-state index in [-0.39, 0.29) is 20.1 Å². The largest absolute Gasteiger partial charge is 0.501 e. The molecule has 0 N–H and O–H groups in total. The van der Waals surface area contributed by atoms with Crippen molar-refractivity contribution in [1.82, 2.24) is 9.97 Å². The molecule has 239 valence electrons. The van der Waals surface area contributed by atoms with Gasteiger partial charge in [-0.25, -0.2) is 0 Å². The molecule has 5 heteroatoms. The predicted molar refractivity (Wildman–Crippen MR) is 195 cm³/mol. The minimum Gasteiger partial charge on any atom is -0.501 e. The summed E-state index contributed by atoms with van der Waals surface area (Å²) < 4.78 is 23.7. The first-order valence-electron chi connectivity index (χ1n) is 16.7. The molecule has 1 atom stereocenters. The molecule has 0 bridgehead atoms. The molecule has 0 aliphatic carbocycles. The summed E-state index contributed by atoms with van der Waals surface area (Å²) in [6, 6.07) is 42.3. The van der Waals surface area contributed by atoms with Crippen molar-refractivity contribution in [2.45, 2.75) is 52.2 Å². The van der Waals surface area contributed by atoms with E-state index in [4.69, 9.17) is 7.16 Å². The number of hydrogen-bond acceptors (Lipinski definition) is 3. The number of nitrogens with zero attached hydrogens (tertiary/aromatic N) is 2. The summed E-state index contributed by atoms with van der Waals surface area (Å²) in [5, 5.41) is 3.39. The first-order chi connectivity index (χ1) is 22.8. The summed E-state index contributed by atoms with van der Waals surface area (Å²) in [5.74, 6) is -1.61. The van der Waals surface area contributed by atoms with Crippen LogP contribution < -0.4 is 5.19 Å². The van der Waals surface area contributed by atoms with Crippen molar-refractivity contribution in [2.24, 2.45) is 0 Å². The molecule has 1 radical (unpaired) electrons. The fourth-order valence-corrected chi connectivity index (χ4v) is 6.48. The second kappa shape index (κ2) is 14.7. The van der Waals surface area contributed by atoms with E-state index in [1.54, 1.807) is 6.20 Å². The average molecular weight is 811 g/mol. The molecule has 3 aromatic heterocycles. The Hall–Kier alpha value is -4.15. The zero-order chi connectivity index (χ0) is 34.1. The average Bonchev–Trinajstić information content (AvgIpc) is 3.47. The molecular weight excluding hydrogens is 769 g/mol. The third-order valence-corrected chi connectivity index (χ3v) is 10.3. The Balaban J connectivity index is 0.000000233. The third kappa shape index (κ3) is 7.71. The van der Waals surface area contributed by atoms with Crippen LogP contribution in [0.25, 0.3) is 44.5 Å². The summed E-state index contributed by atoms with van der Waals surface area (Å²) in [6.45, 7) is 12.6. The van der Waals surface area contributed by atoms with Crippen molar-refractivity contribution in [3.05, 3.63) is 150 Å². The van der Waals surface area contributed by atoms with Gasteiger partial charge in [0.25, 0.3) is 0 Å². The van der Waals surface area contributed by atoms with E-state index < -0.39 is 19.9 Å². The molecule has 0 fully saturated rings. The molecular formula is C42H40IrN2OSi-2. The van der Waals surface area contributed by atoms with E-state index in [9.17, 15) is 0 Å². The number of pyridine rings is 2. The van der Waals surface area contributed by atoms with E-state index in [2.05, 4.69) is 53.9 Å². The number of benzene rings is 4. The number of rotatable bonds is 6. The molecule has 3 heterocycles. The summed E-state index contributed by atoms with van der Waals surface area (Å²) in [5.41, 5.74) is 7.74. The van der Waals surface area contributed by atoms with Gasteiger partial charge in [0.2, 0.25) is 0 Å². The van der Waals surface area contributed by atoms with Gasteiger partial charge in [-0.15, -0.1) is 54.1 Å². The van der Waals surface area contributed by atoms with Gasteiger partial charge in [0.05, 0.1) is 13.7 Å². The normalized spacial score (nSPS) is 13.5. The van der Waals surface area contributed by atoms with Crippen molar-refractivity contribution in [2.75, 3.05) is 0 Å². The molecule has 0 spiro atoms. The van der Waals surface area contributed by atoms with Gasteiger partial charge in [0.15, 0.2) is 0 Å². The van der Waals surface area contributed by atoms with Crippen molar-refractivity contribution in [3.63, 3.8) is 0 Å². The van der Waals surface area contributed by atoms with Crippen LogP contribution in [0.3, 0.4) is 0 Å². The van der Waals surface area contributed by atoms with Crippen LogP contribution in [0.4, 0.5) is 0 Å². The van der Waals surface area contributed by atoms with Crippen LogP contribution in [0.5, 0.6) is 0 Å². The number of aromatic nitrogens is 2. The minimum atomic E-state index is -1.23. The van der Waals surface area contributed by atoms with Gasteiger partial charge in [-0.3, -0.25) is 0 Å². The van der Waals surface area contributed by atoms with Gasteiger partial charge in [-0.05, 0) is 45.7 Å². The molecule has 0 saturated carbocycles. The van der Waals surface area contributed by atoms with Crippen molar-refractivity contribution in [3.8, 4) is 22.5 Å². The Kier molecular flexibility index (Phi) is 9.86. The molecule has 3 nitrogen and oxygen atoms in total. The van der Waals surface area contributed by atoms with Gasteiger partial charge < -0.3 is 14.4 Å². The molecule has 7 rings (SSSR count). The predicted octanol–water partition coefficient (Wildman–Crippen LogP) is 10.8. The van der Waals surface area contributed by atoms with Crippen LogP contribution in [0.1, 0.15) is 52.0 Å². The standard InChI is InChI=1S/C28H24NO.C14H16NSi.Ir/c1-18(2)21-14-15-29-26(16-21)25-11-7-10-24-23-13-12-22(17-27(23)30-28(24)25)19(3)20-8-5-4-6-9-20;1-16(2,3)13-9-10-14(15-11-13)12-7-5-4-6-8-12;/h4-10,12-19H,1-3H3;4-7,9-11H,1-3H3;/q2*-1;/i18D,19D;;. The second-order valence-corrected chi connectivity index (χ2v) is 17.9. The topological polar surface area (TPSA) is 38.9 Å². The summed E-state index contributed by atoms with van der Waals surface area (Å²) in [6.07, 6.45) is 3.75. The monoisotopic (exact) mass is 811 g/mol. The maximum atomic E-state index is 9.00. The molecule has 0 amide bonds. The van der Waals surface area contributed by atoms with Crippen molar-refractivity contribution < 1.29 is 27.3 Å². The fraction of sp³-hybridized carbons (Fsp3) is 0.190. The van der Waals surface area contributed by atoms with Crippen LogP contribution in [-0.4, -0.2) is 18.0 Å². The fourth-order valence-electron chi connectivity index (χ4n) is 5.45. The zero-order valence-electron chi connectivity index (χ0n) is 29.7. The van der Waals surface area contributed by atoms with Gasteiger partial charge >= 0.3 is 0 Å². The maximum Gasteiger partial charge on any atom is 0.121 e. The molecule has 47 heavy (non-hydrogen) atoms. The van der Waals surface area contributed by atoms with Crippen molar-refractivity contribution in [1.29, 1.82) is 0 Å². The van der Waals surface area contributed by atoms with Gasteiger partial charge in [-0.2, -0.15) is 0 Å². The molecule has 0 aliphatic rings. The van der Waals surface area contributed by atoms with Gasteiger partial charge in [0, 0.05) is 46.5 Å². The summed E-state index contributed by atoms with van der Waals surface area (Å²) in [4.78, 5) is 9.05. The first kappa shape index (κ1) is 31.4.